The maximum Gasteiger partial charge on any atom is 0.262 e. The molecule has 0 radical (unpaired) electrons. The summed E-state index contributed by atoms with van der Waals surface area (Å²) in [5, 5.41) is 18.5. The van der Waals surface area contributed by atoms with Gasteiger partial charge in [-0.2, -0.15) is 5.26 Å². The summed E-state index contributed by atoms with van der Waals surface area (Å²) < 4.78 is 27.3. The number of rotatable bonds is 3. The third kappa shape index (κ3) is 2.98. The molecule has 2 rings (SSSR count). The number of hydrogen-bond donors (Lipinski definition) is 2. The summed E-state index contributed by atoms with van der Waals surface area (Å²) in [6, 6.07) is 11.0. The average Bonchev–Trinajstić information content (AvgIpc) is 2.44. The molecule has 21 heavy (non-hydrogen) atoms. The Labute approximate surface area is 123 Å². The van der Waals surface area contributed by atoms with E-state index in [4.69, 9.17) is 5.26 Å². The SMILES string of the molecule is Cc1ccc(C#N)cc1S(=O)(=O)Nc1cccc(O)c1C. The van der Waals surface area contributed by atoms with Crippen LogP contribution in [-0.4, -0.2) is 13.5 Å². The van der Waals surface area contributed by atoms with E-state index in [1.165, 1.54) is 12.1 Å². The standard InChI is InChI=1S/C15H14N2O3S/c1-10-6-7-12(9-16)8-15(10)21(19,20)17-13-4-3-5-14(18)11(13)2/h3-8,17-18H,1-2H3. The predicted molar refractivity (Wildman–Crippen MR) is 79.5 cm³/mol. The number of aryl methyl sites for hydroxylation is 1. The quantitative estimate of drug-likeness (QED) is 0.912. The largest absolute Gasteiger partial charge is 0.508 e. The summed E-state index contributed by atoms with van der Waals surface area (Å²) >= 11 is 0. The highest BCUT2D eigenvalue weighted by Crippen LogP contribution is 2.27. The summed E-state index contributed by atoms with van der Waals surface area (Å²) in [5.74, 6) is 0.0118. The van der Waals surface area contributed by atoms with Crippen molar-refractivity contribution >= 4 is 15.7 Å². The molecule has 0 unspecified atom stereocenters. The van der Waals surface area contributed by atoms with Gasteiger partial charge < -0.3 is 5.11 Å². The molecular weight excluding hydrogens is 288 g/mol. The van der Waals surface area contributed by atoms with Crippen LogP contribution in [0.5, 0.6) is 5.75 Å². The third-order valence-electron chi connectivity index (χ3n) is 3.16. The van der Waals surface area contributed by atoms with Crippen LogP contribution in [0, 0.1) is 25.2 Å². The number of benzene rings is 2. The highest BCUT2D eigenvalue weighted by atomic mass is 32.2. The van der Waals surface area contributed by atoms with Crippen molar-refractivity contribution in [3.63, 3.8) is 0 Å². The molecule has 0 saturated carbocycles. The normalized spacial score (nSPS) is 10.9. The number of anilines is 1. The monoisotopic (exact) mass is 302 g/mol. The van der Waals surface area contributed by atoms with E-state index < -0.39 is 10.0 Å². The Morgan fingerprint density at radius 3 is 2.57 bits per heavy atom. The Hall–Kier alpha value is -2.52. The maximum absolute atomic E-state index is 12.5. The van der Waals surface area contributed by atoms with Crippen LogP contribution in [0.4, 0.5) is 5.69 Å². The Morgan fingerprint density at radius 1 is 1.19 bits per heavy atom. The second-order valence-electron chi connectivity index (χ2n) is 4.65. The van der Waals surface area contributed by atoms with Gasteiger partial charge in [0.15, 0.2) is 0 Å². The molecule has 0 heterocycles. The zero-order valence-corrected chi connectivity index (χ0v) is 12.4. The molecule has 0 fully saturated rings. The third-order valence-corrected chi connectivity index (χ3v) is 4.66. The maximum atomic E-state index is 12.5. The molecule has 5 nitrogen and oxygen atoms in total. The Morgan fingerprint density at radius 2 is 1.90 bits per heavy atom. The summed E-state index contributed by atoms with van der Waals surface area (Å²) in [4.78, 5) is 0.0456. The number of nitriles is 1. The van der Waals surface area contributed by atoms with Crippen molar-refractivity contribution < 1.29 is 13.5 Å². The van der Waals surface area contributed by atoms with E-state index in [-0.39, 0.29) is 16.2 Å². The Kier molecular flexibility index (Phi) is 3.87. The van der Waals surface area contributed by atoms with Crippen LogP contribution < -0.4 is 4.72 Å². The fourth-order valence-corrected chi connectivity index (χ4v) is 3.29. The predicted octanol–water partition coefficient (Wildman–Crippen LogP) is 2.68. The lowest BCUT2D eigenvalue weighted by Gasteiger charge is -2.13. The highest BCUT2D eigenvalue weighted by Gasteiger charge is 2.19. The van der Waals surface area contributed by atoms with Gasteiger partial charge in [0.1, 0.15) is 5.75 Å². The summed E-state index contributed by atoms with van der Waals surface area (Å²) in [6.45, 7) is 3.27. The topological polar surface area (TPSA) is 90.2 Å². The van der Waals surface area contributed by atoms with Crippen molar-refractivity contribution in [1.82, 2.24) is 0 Å². The van der Waals surface area contributed by atoms with Crippen LogP contribution >= 0.6 is 0 Å². The van der Waals surface area contributed by atoms with Gasteiger partial charge in [0, 0.05) is 5.56 Å². The lowest BCUT2D eigenvalue weighted by atomic mass is 10.2. The lowest BCUT2D eigenvalue weighted by Crippen LogP contribution is -2.15. The number of phenolic OH excluding ortho intramolecular Hbond substituents is 1. The van der Waals surface area contributed by atoms with E-state index in [1.807, 2.05) is 6.07 Å². The van der Waals surface area contributed by atoms with Crippen LogP contribution in [0.2, 0.25) is 0 Å². The smallest absolute Gasteiger partial charge is 0.262 e. The van der Waals surface area contributed by atoms with Gasteiger partial charge in [-0.25, -0.2) is 8.42 Å². The van der Waals surface area contributed by atoms with E-state index in [1.54, 1.807) is 38.1 Å². The second-order valence-corrected chi connectivity index (χ2v) is 6.30. The van der Waals surface area contributed by atoms with Crippen molar-refractivity contribution in [1.29, 1.82) is 5.26 Å². The first-order valence-corrected chi connectivity index (χ1v) is 7.65. The lowest BCUT2D eigenvalue weighted by molar-refractivity contribution is 0.471. The van der Waals surface area contributed by atoms with E-state index >= 15 is 0 Å². The number of phenols is 1. The first-order valence-electron chi connectivity index (χ1n) is 6.17. The zero-order chi connectivity index (χ0) is 15.6. The van der Waals surface area contributed by atoms with Crippen molar-refractivity contribution in [3.8, 4) is 11.8 Å². The molecule has 0 aliphatic rings. The minimum atomic E-state index is -3.83. The summed E-state index contributed by atoms with van der Waals surface area (Å²) in [5.41, 5.74) is 1.56. The van der Waals surface area contributed by atoms with Gasteiger partial charge in [0.25, 0.3) is 10.0 Å². The minimum Gasteiger partial charge on any atom is -0.508 e. The van der Waals surface area contributed by atoms with Crippen molar-refractivity contribution in [2.24, 2.45) is 0 Å². The van der Waals surface area contributed by atoms with Gasteiger partial charge >= 0.3 is 0 Å². The molecule has 2 N–H and O–H groups in total. The van der Waals surface area contributed by atoms with Crippen LogP contribution in [0.1, 0.15) is 16.7 Å². The number of aromatic hydroxyl groups is 1. The fraction of sp³-hybridized carbons (Fsp3) is 0.133. The summed E-state index contributed by atoms with van der Waals surface area (Å²) in [7, 11) is -3.83. The molecule has 0 aliphatic heterocycles. The molecular formula is C15H14N2O3S. The number of nitrogens with one attached hydrogen (secondary N) is 1. The second kappa shape index (κ2) is 5.46. The van der Waals surface area contributed by atoms with E-state index in [0.717, 1.165) is 0 Å². The van der Waals surface area contributed by atoms with Gasteiger partial charge in [-0.3, -0.25) is 4.72 Å². The van der Waals surface area contributed by atoms with E-state index in [9.17, 15) is 13.5 Å². The van der Waals surface area contributed by atoms with E-state index in [2.05, 4.69) is 4.72 Å². The van der Waals surface area contributed by atoms with Crippen molar-refractivity contribution in [3.05, 3.63) is 53.1 Å². The van der Waals surface area contributed by atoms with Crippen LogP contribution in [-0.2, 0) is 10.0 Å². The molecule has 6 heteroatoms. The Bertz CT molecular complexity index is 836. The van der Waals surface area contributed by atoms with Gasteiger partial charge in [-0.15, -0.1) is 0 Å². The van der Waals surface area contributed by atoms with Gasteiger partial charge in [0.05, 0.1) is 22.2 Å². The molecule has 108 valence electrons. The number of hydrogen-bond acceptors (Lipinski definition) is 4. The van der Waals surface area contributed by atoms with E-state index in [0.29, 0.717) is 16.8 Å². The van der Waals surface area contributed by atoms with Crippen molar-refractivity contribution in [2.45, 2.75) is 18.7 Å². The van der Waals surface area contributed by atoms with Gasteiger partial charge in [-0.1, -0.05) is 12.1 Å². The summed E-state index contributed by atoms with van der Waals surface area (Å²) in [6.07, 6.45) is 0. The van der Waals surface area contributed by atoms with Crippen LogP contribution in [0.3, 0.4) is 0 Å². The van der Waals surface area contributed by atoms with Crippen LogP contribution in [0.25, 0.3) is 0 Å². The molecule has 0 atom stereocenters. The number of sulfonamides is 1. The van der Waals surface area contributed by atoms with Gasteiger partial charge in [-0.05, 0) is 43.7 Å². The first kappa shape index (κ1) is 14.9. The molecule has 0 aliphatic carbocycles. The minimum absolute atomic E-state index is 0.0118. The molecule has 0 amide bonds. The first-order chi connectivity index (χ1) is 9.85. The number of nitrogens with zero attached hydrogens (tertiary/aromatic N) is 1. The average molecular weight is 302 g/mol. The molecule has 2 aromatic carbocycles. The van der Waals surface area contributed by atoms with Crippen LogP contribution in [0.15, 0.2) is 41.3 Å². The molecule has 0 spiro atoms. The highest BCUT2D eigenvalue weighted by molar-refractivity contribution is 7.92. The molecule has 0 bridgehead atoms. The molecule has 2 aromatic rings. The fourth-order valence-electron chi connectivity index (χ4n) is 1.89. The Balaban J connectivity index is 2.49. The molecule has 0 aromatic heterocycles. The zero-order valence-electron chi connectivity index (χ0n) is 11.6. The molecule has 0 saturated heterocycles. The van der Waals surface area contributed by atoms with Crippen molar-refractivity contribution in [2.75, 3.05) is 4.72 Å². The van der Waals surface area contributed by atoms with Gasteiger partial charge in [0.2, 0.25) is 0 Å².